The standard InChI is InChI=1S/C80H155NO5/c1-3-5-7-9-11-13-15-17-19-21-23-33-37-40-44-48-52-56-60-64-68-72-78(83)77(76-82)81-79(84)73-69-65-61-57-53-49-45-41-38-34-31-29-27-25-24-26-28-30-32-35-39-43-47-51-55-59-63-67-71-75-86-80(85)74-70-66-62-58-54-50-46-42-36-22-20-18-16-14-12-10-8-6-4-2/h12,14,18,20,77-78,82-83H,3-11,13,15-17,19,21-76H2,1-2H3,(H,81,84)/b14-12-,20-18-. The van der Waals surface area contributed by atoms with Crippen molar-refractivity contribution >= 4 is 11.9 Å². The molecule has 0 radical (unpaired) electrons. The molecule has 0 saturated heterocycles. The third-order valence-electron chi connectivity index (χ3n) is 18.8. The number of aliphatic hydroxyl groups is 2. The van der Waals surface area contributed by atoms with Crippen LogP contribution in [0.1, 0.15) is 450 Å². The lowest BCUT2D eigenvalue weighted by atomic mass is 10.0. The summed E-state index contributed by atoms with van der Waals surface area (Å²) in [6.45, 7) is 4.98. The van der Waals surface area contributed by atoms with Crippen LogP contribution in [0.25, 0.3) is 0 Å². The van der Waals surface area contributed by atoms with Crippen molar-refractivity contribution in [3.05, 3.63) is 24.3 Å². The van der Waals surface area contributed by atoms with Crippen molar-refractivity contribution in [1.29, 1.82) is 0 Å². The average Bonchev–Trinajstić information content (AvgIpc) is 3.54. The number of carbonyl (C=O) groups excluding carboxylic acids is 2. The van der Waals surface area contributed by atoms with Crippen molar-refractivity contribution in [1.82, 2.24) is 5.32 Å². The number of unbranched alkanes of at least 4 members (excludes halogenated alkanes) is 60. The van der Waals surface area contributed by atoms with E-state index in [1.807, 2.05) is 0 Å². The lowest BCUT2D eigenvalue weighted by molar-refractivity contribution is -0.143. The Labute approximate surface area is 539 Å². The fourth-order valence-electron chi connectivity index (χ4n) is 12.7. The van der Waals surface area contributed by atoms with Crippen LogP contribution in [0, 0.1) is 0 Å². The summed E-state index contributed by atoms with van der Waals surface area (Å²) in [5.74, 6) is -0.00928. The number of hydrogen-bond acceptors (Lipinski definition) is 5. The van der Waals surface area contributed by atoms with Crippen molar-refractivity contribution in [2.45, 2.75) is 463 Å². The van der Waals surface area contributed by atoms with Gasteiger partial charge in [-0.05, 0) is 57.8 Å². The molecule has 1 amide bonds. The molecular weight excluding hydrogens is 1050 g/mol. The van der Waals surface area contributed by atoms with Crippen LogP contribution in [-0.4, -0.2) is 47.4 Å². The Morgan fingerprint density at radius 1 is 0.326 bits per heavy atom. The summed E-state index contributed by atoms with van der Waals surface area (Å²) in [6, 6.07) is -0.540. The number of esters is 1. The molecule has 0 heterocycles. The molecule has 2 atom stereocenters. The average molecular weight is 1210 g/mol. The van der Waals surface area contributed by atoms with Crippen molar-refractivity contribution in [2.24, 2.45) is 0 Å². The highest BCUT2D eigenvalue weighted by Gasteiger charge is 2.20. The van der Waals surface area contributed by atoms with Crippen LogP contribution in [0.3, 0.4) is 0 Å². The minimum atomic E-state index is -0.663. The van der Waals surface area contributed by atoms with Crippen LogP contribution < -0.4 is 5.32 Å². The van der Waals surface area contributed by atoms with Crippen molar-refractivity contribution in [2.75, 3.05) is 13.2 Å². The van der Waals surface area contributed by atoms with E-state index in [9.17, 15) is 19.8 Å². The molecule has 3 N–H and O–H groups in total. The van der Waals surface area contributed by atoms with Gasteiger partial charge in [-0.2, -0.15) is 0 Å². The Morgan fingerprint density at radius 3 is 0.907 bits per heavy atom. The van der Waals surface area contributed by atoms with Crippen molar-refractivity contribution in [3.63, 3.8) is 0 Å². The fourth-order valence-corrected chi connectivity index (χ4v) is 12.7. The summed E-state index contributed by atoms with van der Waals surface area (Å²) in [6.07, 6.45) is 96.9. The second kappa shape index (κ2) is 75.8. The van der Waals surface area contributed by atoms with E-state index in [-0.39, 0.29) is 18.5 Å². The largest absolute Gasteiger partial charge is 0.466 e. The van der Waals surface area contributed by atoms with Gasteiger partial charge in [0.1, 0.15) is 0 Å². The maximum Gasteiger partial charge on any atom is 0.305 e. The molecule has 0 aromatic heterocycles. The number of ether oxygens (including phenoxy) is 1. The summed E-state index contributed by atoms with van der Waals surface area (Å²) in [4.78, 5) is 24.7. The van der Waals surface area contributed by atoms with Gasteiger partial charge in [0.15, 0.2) is 0 Å². The first-order valence-electron chi connectivity index (χ1n) is 39.6. The van der Waals surface area contributed by atoms with E-state index in [1.54, 1.807) is 0 Å². The summed E-state index contributed by atoms with van der Waals surface area (Å²) in [7, 11) is 0. The van der Waals surface area contributed by atoms with Gasteiger partial charge in [-0.25, -0.2) is 0 Å². The van der Waals surface area contributed by atoms with Crippen LogP contribution in [0.15, 0.2) is 24.3 Å². The van der Waals surface area contributed by atoms with Crippen molar-refractivity contribution < 1.29 is 24.5 Å². The second-order valence-electron chi connectivity index (χ2n) is 27.4. The van der Waals surface area contributed by atoms with Crippen molar-refractivity contribution in [3.8, 4) is 0 Å². The molecule has 0 rings (SSSR count). The predicted octanol–water partition coefficient (Wildman–Crippen LogP) is 26.0. The Balaban J connectivity index is 3.33. The van der Waals surface area contributed by atoms with E-state index in [0.29, 0.717) is 25.9 Å². The summed E-state index contributed by atoms with van der Waals surface area (Å²) in [5.41, 5.74) is 0. The van der Waals surface area contributed by atoms with Gasteiger partial charge in [0.25, 0.3) is 0 Å². The first kappa shape index (κ1) is 84.3. The van der Waals surface area contributed by atoms with Crippen LogP contribution >= 0.6 is 0 Å². The highest BCUT2D eigenvalue weighted by molar-refractivity contribution is 5.76. The quantitative estimate of drug-likeness (QED) is 0.0320. The van der Waals surface area contributed by atoms with Crippen LogP contribution in [-0.2, 0) is 14.3 Å². The third-order valence-corrected chi connectivity index (χ3v) is 18.8. The van der Waals surface area contributed by atoms with Gasteiger partial charge in [0, 0.05) is 12.8 Å². The minimum absolute atomic E-state index is 0.0168. The number of amides is 1. The Bertz CT molecular complexity index is 1350. The Kier molecular flexibility index (Phi) is 74.3. The third kappa shape index (κ3) is 71.4. The first-order chi connectivity index (χ1) is 42.5. The number of rotatable bonds is 75. The first-order valence-corrected chi connectivity index (χ1v) is 39.6. The maximum atomic E-state index is 12.6. The molecule has 6 heteroatoms. The van der Waals surface area contributed by atoms with Gasteiger partial charge >= 0.3 is 5.97 Å². The molecule has 0 aliphatic rings. The van der Waals surface area contributed by atoms with Gasteiger partial charge in [0.2, 0.25) is 5.91 Å². The number of carbonyl (C=O) groups is 2. The van der Waals surface area contributed by atoms with Gasteiger partial charge in [-0.3, -0.25) is 9.59 Å². The zero-order valence-corrected chi connectivity index (χ0v) is 58.6. The normalized spacial score (nSPS) is 12.6. The zero-order chi connectivity index (χ0) is 62.0. The molecule has 0 bridgehead atoms. The predicted molar refractivity (Wildman–Crippen MR) is 380 cm³/mol. The monoisotopic (exact) mass is 1210 g/mol. The van der Waals surface area contributed by atoms with Crippen LogP contribution in [0.5, 0.6) is 0 Å². The molecule has 6 nitrogen and oxygen atoms in total. The van der Waals surface area contributed by atoms with E-state index in [4.69, 9.17) is 4.74 Å². The van der Waals surface area contributed by atoms with E-state index >= 15 is 0 Å². The van der Waals surface area contributed by atoms with Gasteiger partial charge < -0.3 is 20.3 Å². The second-order valence-corrected chi connectivity index (χ2v) is 27.4. The molecule has 0 saturated carbocycles. The number of allylic oxidation sites excluding steroid dienone is 4. The molecule has 2 unspecified atom stereocenters. The summed E-state index contributed by atoms with van der Waals surface area (Å²) < 4.78 is 5.52. The summed E-state index contributed by atoms with van der Waals surface area (Å²) >= 11 is 0. The van der Waals surface area contributed by atoms with Gasteiger partial charge in [-0.15, -0.1) is 0 Å². The molecule has 0 aliphatic carbocycles. The molecule has 86 heavy (non-hydrogen) atoms. The lowest BCUT2D eigenvalue weighted by Gasteiger charge is -2.22. The summed E-state index contributed by atoms with van der Waals surface area (Å²) in [5, 5.41) is 23.5. The van der Waals surface area contributed by atoms with E-state index in [0.717, 1.165) is 51.4 Å². The van der Waals surface area contributed by atoms with Crippen LogP contribution in [0.4, 0.5) is 0 Å². The van der Waals surface area contributed by atoms with Gasteiger partial charge in [-0.1, -0.05) is 404 Å². The number of aliphatic hydroxyl groups excluding tert-OH is 2. The SMILES string of the molecule is CCCCC/C=C\C/C=C\CCCCCCCCCCCC(=O)OCCCCCCCCCCCCCCCCCCCCCCCCCCCCCCCC(=O)NC(CO)C(O)CCCCCCCCCCCCCCCCCCCCCCC. The van der Waals surface area contributed by atoms with E-state index in [1.165, 1.54) is 366 Å². The molecule has 0 aromatic rings. The molecule has 0 aromatic carbocycles. The topological polar surface area (TPSA) is 95.9 Å². The highest BCUT2D eigenvalue weighted by atomic mass is 16.5. The number of hydrogen-bond donors (Lipinski definition) is 3. The van der Waals surface area contributed by atoms with Crippen LogP contribution in [0.2, 0.25) is 0 Å². The van der Waals surface area contributed by atoms with Gasteiger partial charge in [0.05, 0.1) is 25.4 Å². The van der Waals surface area contributed by atoms with E-state index in [2.05, 4.69) is 43.5 Å². The molecule has 0 fully saturated rings. The molecular formula is C80H155NO5. The Morgan fingerprint density at radius 2 is 0.581 bits per heavy atom. The zero-order valence-electron chi connectivity index (χ0n) is 58.6. The van der Waals surface area contributed by atoms with E-state index < -0.39 is 12.1 Å². The lowest BCUT2D eigenvalue weighted by Crippen LogP contribution is -2.45. The minimum Gasteiger partial charge on any atom is -0.466 e. The highest BCUT2D eigenvalue weighted by Crippen LogP contribution is 2.20. The maximum absolute atomic E-state index is 12.6. The fraction of sp³-hybridized carbons (Fsp3) is 0.925. The molecule has 0 spiro atoms. The molecule has 510 valence electrons. The Hall–Kier alpha value is -1.66. The smallest absolute Gasteiger partial charge is 0.305 e. The number of nitrogens with one attached hydrogen (secondary N) is 1. The molecule has 0 aliphatic heterocycles.